The maximum Gasteiger partial charge on any atom is 0.303 e. The van der Waals surface area contributed by atoms with Crippen LogP contribution in [0.1, 0.15) is 17.7 Å². The molecule has 0 amide bonds. The monoisotopic (exact) mass is 369 g/mol. The second-order valence-electron chi connectivity index (χ2n) is 6.12. The molecule has 0 fully saturated rings. The first-order valence-electron chi connectivity index (χ1n) is 8.33. The normalized spacial score (nSPS) is 10.7. The number of carboxylic acids is 1. The van der Waals surface area contributed by atoms with Gasteiger partial charge in [0, 0.05) is 10.7 Å². The third-order valence-corrected chi connectivity index (χ3v) is 4.52. The quantitative estimate of drug-likeness (QED) is 0.655. The van der Waals surface area contributed by atoms with Crippen molar-refractivity contribution in [2.45, 2.75) is 19.8 Å². The van der Waals surface area contributed by atoms with Gasteiger partial charge in [0.1, 0.15) is 5.75 Å². The van der Waals surface area contributed by atoms with E-state index in [2.05, 4.69) is 24.3 Å². The van der Waals surface area contributed by atoms with Crippen LogP contribution >= 0.6 is 11.6 Å². The number of aryl methyl sites for hydroxylation is 2. The van der Waals surface area contributed by atoms with Gasteiger partial charge in [0.2, 0.25) is 0 Å². The van der Waals surface area contributed by atoms with Crippen LogP contribution in [0.3, 0.4) is 0 Å². The van der Waals surface area contributed by atoms with E-state index in [0.29, 0.717) is 17.2 Å². The summed E-state index contributed by atoms with van der Waals surface area (Å²) < 4.78 is 7.55. The predicted molar refractivity (Wildman–Crippen MR) is 103 cm³/mol. The fraction of sp³-hybridized carbons (Fsp3) is 0.190. The molecule has 0 aliphatic rings. The van der Waals surface area contributed by atoms with Crippen LogP contribution in [0.5, 0.6) is 5.75 Å². The minimum absolute atomic E-state index is 0.0558. The molecule has 4 nitrogen and oxygen atoms in total. The Morgan fingerprint density at radius 1 is 1.12 bits per heavy atom. The molecule has 0 saturated carbocycles. The van der Waals surface area contributed by atoms with Gasteiger partial charge in [-0.2, -0.15) is 0 Å². The van der Waals surface area contributed by atoms with Crippen LogP contribution in [0.4, 0.5) is 0 Å². The number of benzene rings is 2. The maximum absolute atomic E-state index is 11.1. The molecule has 0 bridgehead atoms. The number of halogens is 1. The number of aliphatic carboxylic acids is 1. The molecule has 0 unspecified atom stereocenters. The summed E-state index contributed by atoms with van der Waals surface area (Å²) in [6, 6.07) is 17.6. The standard InChI is InChI=1S/C21H20ClNO3/c1-14-3-5-15(6-4-14)18-10-8-17(9-12-21(24)25)23(18)19-13-16(22)7-11-20(19)26-2/h3-8,10-11,13H,9,12H2,1-2H3,(H,24,25). The summed E-state index contributed by atoms with van der Waals surface area (Å²) >= 11 is 6.23. The summed E-state index contributed by atoms with van der Waals surface area (Å²) in [7, 11) is 1.61. The zero-order chi connectivity index (χ0) is 18.7. The molecule has 1 heterocycles. The Labute approximate surface area is 157 Å². The molecule has 2 aromatic carbocycles. The van der Waals surface area contributed by atoms with Gasteiger partial charge in [-0.05, 0) is 49.2 Å². The van der Waals surface area contributed by atoms with E-state index in [1.165, 1.54) is 5.56 Å². The molecule has 5 heteroatoms. The second kappa shape index (κ2) is 7.67. The zero-order valence-electron chi connectivity index (χ0n) is 14.7. The van der Waals surface area contributed by atoms with E-state index in [1.54, 1.807) is 13.2 Å². The number of ether oxygens (including phenoxy) is 1. The minimum atomic E-state index is -0.826. The maximum atomic E-state index is 11.1. The number of carbonyl (C=O) groups is 1. The van der Waals surface area contributed by atoms with E-state index in [4.69, 9.17) is 21.4 Å². The van der Waals surface area contributed by atoms with Crippen LogP contribution in [0.25, 0.3) is 16.9 Å². The highest BCUT2D eigenvalue weighted by Crippen LogP contribution is 2.34. The van der Waals surface area contributed by atoms with Crippen LogP contribution in [-0.4, -0.2) is 22.8 Å². The molecular formula is C21H20ClNO3. The topological polar surface area (TPSA) is 51.5 Å². The van der Waals surface area contributed by atoms with Crippen LogP contribution in [0.2, 0.25) is 5.02 Å². The van der Waals surface area contributed by atoms with Gasteiger partial charge in [0.05, 0.1) is 24.9 Å². The molecule has 0 radical (unpaired) electrons. The Balaban J connectivity index is 2.19. The van der Waals surface area contributed by atoms with Gasteiger partial charge in [0.15, 0.2) is 0 Å². The van der Waals surface area contributed by atoms with Gasteiger partial charge < -0.3 is 14.4 Å². The second-order valence-corrected chi connectivity index (χ2v) is 6.56. The first kappa shape index (κ1) is 18.1. The van der Waals surface area contributed by atoms with Crippen molar-refractivity contribution in [3.8, 4) is 22.7 Å². The largest absolute Gasteiger partial charge is 0.495 e. The summed E-state index contributed by atoms with van der Waals surface area (Å²) in [6.07, 6.45) is 0.469. The summed E-state index contributed by atoms with van der Waals surface area (Å²) in [5.74, 6) is -0.150. The summed E-state index contributed by atoms with van der Waals surface area (Å²) in [6.45, 7) is 2.04. The van der Waals surface area contributed by atoms with Gasteiger partial charge >= 0.3 is 5.97 Å². The average molecular weight is 370 g/mol. The number of hydrogen-bond acceptors (Lipinski definition) is 2. The van der Waals surface area contributed by atoms with Crippen LogP contribution in [0, 0.1) is 6.92 Å². The number of aromatic nitrogens is 1. The van der Waals surface area contributed by atoms with Gasteiger partial charge in [0.25, 0.3) is 0 Å². The SMILES string of the molecule is COc1ccc(Cl)cc1-n1c(CCC(=O)O)ccc1-c1ccc(C)cc1. The van der Waals surface area contributed by atoms with Gasteiger partial charge in [-0.3, -0.25) is 4.79 Å². The molecule has 134 valence electrons. The lowest BCUT2D eigenvalue weighted by atomic mass is 10.1. The minimum Gasteiger partial charge on any atom is -0.495 e. The zero-order valence-corrected chi connectivity index (χ0v) is 15.5. The van der Waals surface area contributed by atoms with Gasteiger partial charge in [-0.1, -0.05) is 41.4 Å². The number of rotatable bonds is 6. The highest BCUT2D eigenvalue weighted by atomic mass is 35.5. The predicted octanol–water partition coefficient (Wildman–Crippen LogP) is 5.13. The highest BCUT2D eigenvalue weighted by molar-refractivity contribution is 6.30. The molecule has 0 aliphatic carbocycles. The highest BCUT2D eigenvalue weighted by Gasteiger charge is 2.16. The van der Waals surface area contributed by atoms with Crippen molar-refractivity contribution in [3.05, 3.63) is 70.9 Å². The number of hydrogen-bond donors (Lipinski definition) is 1. The van der Waals surface area contributed by atoms with Crippen LogP contribution in [-0.2, 0) is 11.2 Å². The first-order chi connectivity index (χ1) is 12.5. The molecule has 0 saturated heterocycles. The molecule has 0 atom stereocenters. The van der Waals surface area contributed by atoms with Crippen molar-refractivity contribution in [3.63, 3.8) is 0 Å². The van der Waals surface area contributed by atoms with Crippen LogP contribution in [0.15, 0.2) is 54.6 Å². The average Bonchev–Trinajstić information content (AvgIpc) is 3.04. The van der Waals surface area contributed by atoms with E-state index in [-0.39, 0.29) is 6.42 Å². The van der Waals surface area contributed by atoms with E-state index in [0.717, 1.165) is 22.6 Å². The Hall–Kier alpha value is -2.72. The molecular weight excluding hydrogens is 350 g/mol. The Bertz CT molecular complexity index is 929. The van der Waals surface area contributed by atoms with Crippen molar-refractivity contribution in [2.24, 2.45) is 0 Å². The lowest BCUT2D eigenvalue weighted by molar-refractivity contribution is -0.136. The fourth-order valence-corrected chi connectivity index (χ4v) is 3.15. The summed E-state index contributed by atoms with van der Waals surface area (Å²) in [4.78, 5) is 11.1. The lowest BCUT2D eigenvalue weighted by Gasteiger charge is -2.17. The van der Waals surface area contributed by atoms with Gasteiger partial charge in [-0.15, -0.1) is 0 Å². The molecule has 3 rings (SSSR count). The smallest absolute Gasteiger partial charge is 0.303 e. The van der Waals surface area contributed by atoms with Crippen LogP contribution < -0.4 is 4.74 Å². The van der Waals surface area contributed by atoms with E-state index in [1.807, 2.05) is 35.8 Å². The molecule has 0 aliphatic heterocycles. The lowest BCUT2D eigenvalue weighted by Crippen LogP contribution is -2.06. The Kier molecular flexibility index (Phi) is 5.33. The van der Waals surface area contributed by atoms with Crippen molar-refractivity contribution in [2.75, 3.05) is 7.11 Å². The van der Waals surface area contributed by atoms with Crippen molar-refractivity contribution >= 4 is 17.6 Å². The molecule has 3 aromatic rings. The number of methoxy groups -OCH3 is 1. The van der Waals surface area contributed by atoms with E-state index in [9.17, 15) is 4.79 Å². The van der Waals surface area contributed by atoms with E-state index >= 15 is 0 Å². The number of nitrogens with zero attached hydrogens (tertiary/aromatic N) is 1. The Morgan fingerprint density at radius 3 is 2.50 bits per heavy atom. The molecule has 1 aromatic heterocycles. The third kappa shape index (κ3) is 3.75. The summed E-state index contributed by atoms with van der Waals surface area (Å²) in [5, 5.41) is 9.67. The molecule has 1 N–H and O–H groups in total. The van der Waals surface area contributed by atoms with Crippen molar-refractivity contribution in [1.29, 1.82) is 0 Å². The van der Waals surface area contributed by atoms with Crippen molar-refractivity contribution < 1.29 is 14.6 Å². The number of carboxylic acid groups (broad SMARTS) is 1. The molecule has 26 heavy (non-hydrogen) atoms. The fourth-order valence-electron chi connectivity index (χ4n) is 2.98. The van der Waals surface area contributed by atoms with Gasteiger partial charge in [-0.25, -0.2) is 0 Å². The van der Waals surface area contributed by atoms with E-state index < -0.39 is 5.97 Å². The first-order valence-corrected chi connectivity index (χ1v) is 8.71. The summed E-state index contributed by atoms with van der Waals surface area (Å²) in [5.41, 5.74) is 4.87. The third-order valence-electron chi connectivity index (χ3n) is 4.29. The van der Waals surface area contributed by atoms with Crippen molar-refractivity contribution in [1.82, 2.24) is 4.57 Å². The Morgan fingerprint density at radius 2 is 1.85 bits per heavy atom. The molecule has 0 spiro atoms.